The summed E-state index contributed by atoms with van der Waals surface area (Å²) in [5.74, 6) is 0.732. The van der Waals surface area contributed by atoms with Gasteiger partial charge in [0.25, 0.3) is 0 Å². The summed E-state index contributed by atoms with van der Waals surface area (Å²) in [4.78, 5) is 1.13. The summed E-state index contributed by atoms with van der Waals surface area (Å²) in [5.41, 5.74) is 2.45. The standard InChI is InChI=1S/C14H14BrNO2S/c1-9-3-4-11(10(2)16-17)13(7-9)18-8-14-12(15)5-6-19-14/h3-7,17H,8H2,1-2H3. The Morgan fingerprint density at radius 1 is 1.42 bits per heavy atom. The molecule has 0 aliphatic rings. The fourth-order valence-corrected chi connectivity index (χ4v) is 3.05. The highest BCUT2D eigenvalue weighted by atomic mass is 79.9. The zero-order valence-corrected chi connectivity index (χ0v) is 13.1. The molecule has 0 unspecified atom stereocenters. The Kier molecular flexibility index (Phi) is 4.61. The van der Waals surface area contributed by atoms with Gasteiger partial charge in [-0.2, -0.15) is 0 Å². The summed E-state index contributed by atoms with van der Waals surface area (Å²) >= 11 is 5.12. The van der Waals surface area contributed by atoms with E-state index in [4.69, 9.17) is 9.94 Å². The molecule has 1 aromatic carbocycles. The van der Waals surface area contributed by atoms with Crippen molar-refractivity contribution in [1.29, 1.82) is 0 Å². The predicted octanol–water partition coefficient (Wildman–Crippen LogP) is 4.60. The van der Waals surface area contributed by atoms with Gasteiger partial charge in [-0.1, -0.05) is 11.2 Å². The minimum Gasteiger partial charge on any atom is -0.487 e. The second-order valence-corrected chi connectivity index (χ2v) is 6.02. The molecule has 3 nitrogen and oxygen atoms in total. The number of hydrogen-bond acceptors (Lipinski definition) is 4. The van der Waals surface area contributed by atoms with E-state index in [2.05, 4.69) is 21.1 Å². The largest absolute Gasteiger partial charge is 0.487 e. The maximum absolute atomic E-state index is 8.91. The maximum Gasteiger partial charge on any atom is 0.129 e. The van der Waals surface area contributed by atoms with Gasteiger partial charge in [0, 0.05) is 10.0 Å². The van der Waals surface area contributed by atoms with Crippen molar-refractivity contribution in [1.82, 2.24) is 0 Å². The topological polar surface area (TPSA) is 41.8 Å². The molecule has 2 rings (SSSR count). The van der Waals surface area contributed by atoms with E-state index >= 15 is 0 Å². The van der Waals surface area contributed by atoms with Crippen LogP contribution in [-0.2, 0) is 6.61 Å². The molecule has 0 aliphatic carbocycles. The molecule has 2 aromatic rings. The van der Waals surface area contributed by atoms with Crippen molar-refractivity contribution >= 4 is 33.0 Å². The first-order chi connectivity index (χ1) is 9.11. The number of aryl methyl sites for hydroxylation is 1. The molecule has 0 spiro atoms. The van der Waals surface area contributed by atoms with Crippen LogP contribution in [0.1, 0.15) is 22.9 Å². The molecule has 1 aromatic heterocycles. The van der Waals surface area contributed by atoms with Crippen LogP contribution in [0.2, 0.25) is 0 Å². The van der Waals surface area contributed by atoms with Crippen LogP contribution in [0.15, 0.2) is 39.3 Å². The Bertz CT molecular complexity index is 607. The number of thiophene rings is 1. The normalized spacial score (nSPS) is 11.6. The van der Waals surface area contributed by atoms with Gasteiger partial charge >= 0.3 is 0 Å². The van der Waals surface area contributed by atoms with Gasteiger partial charge in [-0.05, 0) is 58.9 Å². The van der Waals surface area contributed by atoms with Crippen molar-refractivity contribution in [3.8, 4) is 5.75 Å². The van der Waals surface area contributed by atoms with E-state index < -0.39 is 0 Å². The van der Waals surface area contributed by atoms with E-state index in [9.17, 15) is 0 Å². The lowest BCUT2D eigenvalue weighted by molar-refractivity contribution is 0.305. The summed E-state index contributed by atoms with van der Waals surface area (Å²) in [6, 6.07) is 7.83. The lowest BCUT2D eigenvalue weighted by Gasteiger charge is -2.11. The number of halogens is 1. The average Bonchev–Trinajstić information content (AvgIpc) is 2.81. The van der Waals surface area contributed by atoms with Gasteiger partial charge in [0.1, 0.15) is 12.4 Å². The zero-order valence-electron chi connectivity index (χ0n) is 10.7. The quantitative estimate of drug-likeness (QED) is 0.502. The Morgan fingerprint density at radius 3 is 2.84 bits per heavy atom. The highest BCUT2D eigenvalue weighted by Gasteiger charge is 2.09. The second-order valence-electron chi connectivity index (χ2n) is 4.17. The van der Waals surface area contributed by atoms with Crippen LogP contribution >= 0.6 is 27.3 Å². The van der Waals surface area contributed by atoms with E-state index in [0.29, 0.717) is 12.3 Å². The van der Waals surface area contributed by atoms with Crippen LogP contribution in [0.4, 0.5) is 0 Å². The summed E-state index contributed by atoms with van der Waals surface area (Å²) in [5, 5.41) is 14.2. The van der Waals surface area contributed by atoms with E-state index in [1.807, 2.05) is 36.6 Å². The molecular formula is C14H14BrNO2S. The molecule has 0 aliphatic heterocycles. The number of hydrogen-bond donors (Lipinski definition) is 1. The van der Waals surface area contributed by atoms with Crippen molar-refractivity contribution in [2.75, 3.05) is 0 Å². The Balaban J connectivity index is 2.24. The van der Waals surface area contributed by atoms with E-state index in [0.717, 1.165) is 26.2 Å². The molecular weight excluding hydrogens is 326 g/mol. The molecule has 0 bridgehead atoms. The lowest BCUT2D eigenvalue weighted by atomic mass is 10.1. The fourth-order valence-electron chi connectivity index (χ4n) is 1.67. The average molecular weight is 340 g/mol. The molecule has 1 N–H and O–H groups in total. The zero-order chi connectivity index (χ0) is 13.8. The predicted molar refractivity (Wildman–Crippen MR) is 81.5 cm³/mol. The molecule has 1 heterocycles. The maximum atomic E-state index is 8.91. The van der Waals surface area contributed by atoms with Gasteiger partial charge in [0.2, 0.25) is 0 Å². The van der Waals surface area contributed by atoms with Crippen molar-refractivity contribution < 1.29 is 9.94 Å². The third kappa shape index (κ3) is 3.36. The first-order valence-electron chi connectivity index (χ1n) is 5.76. The summed E-state index contributed by atoms with van der Waals surface area (Å²) in [6.45, 7) is 4.25. The number of rotatable bonds is 4. The minimum absolute atomic E-state index is 0.493. The summed E-state index contributed by atoms with van der Waals surface area (Å²) in [7, 11) is 0. The monoisotopic (exact) mass is 339 g/mol. The molecule has 0 saturated carbocycles. The van der Waals surface area contributed by atoms with Crippen molar-refractivity contribution in [3.63, 3.8) is 0 Å². The van der Waals surface area contributed by atoms with E-state index in [1.54, 1.807) is 18.3 Å². The van der Waals surface area contributed by atoms with Crippen molar-refractivity contribution in [2.24, 2.45) is 5.16 Å². The molecule has 0 amide bonds. The first kappa shape index (κ1) is 14.1. The second kappa shape index (κ2) is 6.21. The van der Waals surface area contributed by atoms with Crippen LogP contribution in [0.5, 0.6) is 5.75 Å². The van der Waals surface area contributed by atoms with Gasteiger partial charge < -0.3 is 9.94 Å². The molecule has 5 heteroatoms. The molecule has 0 saturated heterocycles. The molecule has 19 heavy (non-hydrogen) atoms. The van der Waals surface area contributed by atoms with Crippen LogP contribution in [0.25, 0.3) is 0 Å². The van der Waals surface area contributed by atoms with Crippen LogP contribution in [0.3, 0.4) is 0 Å². The first-order valence-corrected chi connectivity index (χ1v) is 7.43. The van der Waals surface area contributed by atoms with Gasteiger partial charge in [0.15, 0.2) is 0 Å². The van der Waals surface area contributed by atoms with Crippen molar-refractivity contribution in [3.05, 3.63) is 50.1 Å². The number of nitrogens with zero attached hydrogens (tertiary/aromatic N) is 1. The highest BCUT2D eigenvalue weighted by molar-refractivity contribution is 9.10. The number of ether oxygens (including phenoxy) is 1. The smallest absolute Gasteiger partial charge is 0.129 e. The van der Waals surface area contributed by atoms with E-state index in [-0.39, 0.29) is 0 Å². The third-order valence-corrected chi connectivity index (χ3v) is 4.63. The van der Waals surface area contributed by atoms with Crippen LogP contribution in [0, 0.1) is 6.92 Å². The van der Waals surface area contributed by atoms with Gasteiger partial charge in [0.05, 0.1) is 10.6 Å². The number of benzene rings is 1. The lowest BCUT2D eigenvalue weighted by Crippen LogP contribution is -2.02. The minimum atomic E-state index is 0.493. The summed E-state index contributed by atoms with van der Waals surface area (Å²) < 4.78 is 6.91. The SMILES string of the molecule is CC(=NO)c1ccc(C)cc1OCc1sccc1Br. The molecule has 100 valence electrons. The van der Waals surface area contributed by atoms with Gasteiger partial charge in [-0.15, -0.1) is 11.3 Å². The fraction of sp³-hybridized carbons (Fsp3) is 0.214. The molecule has 0 fully saturated rings. The molecule has 0 atom stereocenters. The molecule has 0 radical (unpaired) electrons. The third-order valence-electron chi connectivity index (χ3n) is 2.73. The van der Waals surface area contributed by atoms with E-state index in [1.165, 1.54) is 0 Å². The van der Waals surface area contributed by atoms with Crippen LogP contribution < -0.4 is 4.74 Å². The Morgan fingerprint density at radius 2 is 2.21 bits per heavy atom. The summed E-state index contributed by atoms with van der Waals surface area (Å²) in [6.07, 6.45) is 0. The van der Waals surface area contributed by atoms with Gasteiger partial charge in [-0.25, -0.2) is 0 Å². The van der Waals surface area contributed by atoms with Gasteiger partial charge in [-0.3, -0.25) is 0 Å². The van der Waals surface area contributed by atoms with Crippen LogP contribution in [-0.4, -0.2) is 10.9 Å². The van der Waals surface area contributed by atoms with Crippen molar-refractivity contribution in [2.45, 2.75) is 20.5 Å². The number of oxime groups is 1. The Labute approximate surface area is 124 Å². The Hall–Kier alpha value is -1.33. The highest BCUT2D eigenvalue weighted by Crippen LogP contribution is 2.27.